The summed E-state index contributed by atoms with van der Waals surface area (Å²) in [6.45, 7) is 2.54. The van der Waals surface area contributed by atoms with Crippen LogP contribution in [0.2, 0.25) is 0 Å². The highest BCUT2D eigenvalue weighted by atomic mass is 32.1. The second-order valence-corrected chi connectivity index (χ2v) is 5.71. The number of carbonyl (C=O) groups is 1. The molecular formula is C13H15F2N3OS. The molecule has 1 aromatic carbocycles. The van der Waals surface area contributed by atoms with Crippen LogP contribution < -0.4 is 4.90 Å². The van der Waals surface area contributed by atoms with E-state index in [0.29, 0.717) is 22.9 Å². The van der Waals surface area contributed by atoms with Crippen LogP contribution in [-0.2, 0) is 4.79 Å². The predicted molar refractivity (Wildman–Crippen MR) is 76.1 cm³/mol. The van der Waals surface area contributed by atoms with E-state index in [1.807, 2.05) is 19.0 Å². The number of benzene rings is 1. The maximum Gasteiger partial charge on any atom is 0.225 e. The van der Waals surface area contributed by atoms with E-state index in [-0.39, 0.29) is 11.4 Å². The van der Waals surface area contributed by atoms with Gasteiger partial charge in [0.1, 0.15) is 11.3 Å². The van der Waals surface area contributed by atoms with Crippen molar-refractivity contribution in [2.24, 2.45) is 0 Å². The molecule has 20 heavy (non-hydrogen) atoms. The number of amides is 1. The highest BCUT2D eigenvalue weighted by Gasteiger charge is 2.18. The molecule has 0 atom stereocenters. The first-order valence-electron chi connectivity index (χ1n) is 6.07. The van der Waals surface area contributed by atoms with Crippen LogP contribution >= 0.6 is 11.3 Å². The first kappa shape index (κ1) is 14.8. The van der Waals surface area contributed by atoms with Crippen LogP contribution in [0.3, 0.4) is 0 Å². The number of fused-ring (bicyclic) bond motifs is 1. The monoisotopic (exact) mass is 299 g/mol. The van der Waals surface area contributed by atoms with Crippen molar-refractivity contribution in [2.45, 2.75) is 6.92 Å². The lowest BCUT2D eigenvalue weighted by Gasteiger charge is -2.20. The summed E-state index contributed by atoms with van der Waals surface area (Å²) in [4.78, 5) is 19.2. The van der Waals surface area contributed by atoms with Crippen molar-refractivity contribution in [2.75, 3.05) is 32.1 Å². The Morgan fingerprint density at radius 3 is 2.60 bits per heavy atom. The summed E-state index contributed by atoms with van der Waals surface area (Å²) in [5.41, 5.74) is 0.0995. The minimum atomic E-state index is -0.710. The van der Waals surface area contributed by atoms with E-state index in [1.54, 1.807) is 0 Å². The summed E-state index contributed by atoms with van der Waals surface area (Å²) in [5.74, 6) is -1.53. The Hall–Kier alpha value is -1.60. The third-order valence-corrected chi connectivity index (χ3v) is 3.81. The lowest BCUT2D eigenvalue weighted by Crippen LogP contribution is -2.35. The number of likely N-dealkylation sites (N-methyl/N-ethyl adjacent to an activating group) is 1. The second-order valence-electron chi connectivity index (χ2n) is 4.70. The molecule has 0 N–H and O–H groups in total. The average Bonchev–Trinajstić information content (AvgIpc) is 2.72. The molecule has 1 heterocycles. The van der Waals surface area contributed by atoms with Gasteiger partial charge in [0.15, 0.2) is 10.9 Å². The maximum absolute atomic E-state index is 13.6. The van der Waals surface area contributed by atoms with E-state index in [0.717, 1.165) is 17.4 Å². The van der Waals surface area contributed by atoms with Crippen LogP contribution in [0.25, 0.3) is 10.2 Å². The Kier molecular flexibility index (Phi) is 4.29. The molecule has 2 aromatic rings. The number of nitrogens with zero attached hydrogens (tertiary/aromatic N) is 3. The molecule has 0 saturated carbocycles. The molecule has 0 saturated heterocycles. The lowest BCUT2D eigenvalue weighted by molar-refractivity contribution is -0.116. The number of hydrogen-bond acceptors (Lipinski definition) is 4. The Balaban J connectivity index is 2.38. The Morgan fingerprint density at radius 1 is 1.30 bits per heavy atom. The predicted octanol–water partition coefficient (Wildman–Crippen LogP) is 2.49. The summed E-state index contributed by atoms with van der Waals surface area (Å²) in [5, 5.41) is 0.388. The van der Waals surface area contributed by atoms with Gasteiger partial charge in [-0.3, -0.25) is 9.69 Å². The van der Waals surface area contributed by atoms with Crippen molar-refractivity contribution in [3.8, 4) is 0 Å². The summed E-state index contributed by atoms with van der Waals surface area (Å²) in [6.07, 6.45) is 0. The molecule has 0 bridgehead atoms. The van der Waals surface area contributed by atoms with E-state index in [1.165, 1.54) is 17.9 Å². The fourth-order valence-electron chi connectivity index (χ4n) is 1.75. The zero-order chi connectivity index (χ0) is 14.9. The molecule has 0 spiro atoms. The van der Waals surface area contributed by atoms with Crippen molar-refractivity contribution in [1.29, 1.82) is 0 Å². The number of halogens is 2. The van der Waals surface area contributed by atoms with Gasteiger partial charge in [-0.1, -0.05) is 11.3 Å². The first-order valence-corrected chi connectivity index (χ1v) is 6.88. The quantitative estimate of drug-likeness (QED) is 0.870. The Labute approximate surface area is 119 Å². The van der Waals surface area contributed by atoms with E-state index < -0.39 is 11.6 Å². The van der Waals surface area contributed by atoms with Gasteiger partial charge in [0.2, 0.25) is 5.91 Å². The number of anilines is 1. The molecule has 0 aliphatic carbocycles. The number of aromatic nitrogens is 1. The number of rotatable bonds is 4. The molecular weight excluding hydrogens is 284 g/mol. The van der Waals surface area contributed by atoms with Gasteiger partial charge in [0, 0.05) is 26.1 Å². The molecule has 0 aliphatic rings. The van der Waals surface area contributed by atoms with Gasteiger partial charge in [0.25, 0.3) is 0 Å². The molecule has 2 rings (SSSR count). The number of hydrogen-bond donors (Lipinski definition) is 0. The van der Waals surface area contributed by atoms with Gasteiger partial charge in [-0.05, 0) is 20.2 Å². The van der Waals surface area contributed by atoms with Crippen LogP contribution in [0, 0.1) is 11.6 Å². The highest BCUT2D eigenvalue weighted by molar-refractivity contribution is 7.22. The lowest BCUT2D eigenvalue weighted by atomic mass is 10.3. The number of thiazole rings is 1. The second kappa shape index (κ2) is 5.80. The van der Waals surface area contributed by atoms with Gasteiger partial charge in [-0.2, -0.15) is 0 Å². The zero-order valence-electron chi connectivity index (χ0n) is 11.5. The largest absolute Gasteiger partial charge is 0.308 e. The fraction of sp³-hybridized carbons (Fsp3) is 0.385. The Morgan fingerprint density at radius 2 is 2.00 bits per heavy atom. The van der Waals surface area contributed by atoms with Crippen LogP contribution in [0.1, 0.15) is 6.92 Å². The van der Waals surface area contributed by atoms with Gasteiger partial charge >= 0.3 is 0 Å². The van der Waals surface area contributed by atoms with Gasteiger partial charge < -0.3 is 4.90 Å². The number of carbonyl (C=O) groups excluding carboxylic acids is 1. The smallest absolute Gasteiger partial charge is 0.225 e. The van der Waals surface area contributed by atoms with E-state index in [2.05, 4.69) is 4.98 Å². The third-order valence-electron chi connectivity index (χ3n) is 2.78. The minimum absolute atomic E-state index is 0.0995. The summed E-state index contributed by atoms with van der Waals surface area (Å²) >= 11 is 1.11. The molecule has 0 unspecified atom stereocenters. The van der Waals surface area contributed by atoms with Crippen LogP contribution in [0.15, 0.2) is 12.1 Å². The van der Waals surface area contributed by atoms with E-state index in [4.69, 9.17) is 0 Å². The molecule has 1 amide bonds. The fourth-order valence-corrected chi connectivity index (χ4v) is 2.82. The first-order chi connectivity index (χ1) is 9.38. The summed E-state index contributed by atoms with van der Waals surface area (Å²) in [6, 6.07) is 2.02. The summed E-state index contributed by atoms with van der Waals surface area (Å²) in [7, 11) is 3.79. The maximum atomic E-state index is 13.6. The van der Waals surface area contributed by atoms with Crippen molar-refractivity contribution in [3.63, 3.8) is 0 Å². The topological polar surface area (TPSA) is 36.4 Å². The van der Waals surface area contributed by atoms with Gasteiger partial charge in [-0.15, -0.1) is 0 Å². The van der Waals surface area contributed by atoms with Crippen LogP contribution in [0.5, 0.6) is 0 Å². The molecule has 0 radical (unpaired) electrons. The van der Waals surface area contributed by atoms with Crippen molar-refractivity contribution in [1.82, 2.24) is 9.88 Å². The average molecular weight is 299 g/mol. The van der Waals surface area contributed by atoms with Crippen LogP contribution in [0.4, 0.5) is 13.9 Å². The van der Waals surface area contributed by atoms with Crippen molar-refractivity contribution >= 4 is 32.6 Å². The molecule has 7 heteroatoms. The SMILES string of the molecule is CC(=O)N(CCN(C)C)c1nc2c(F)cc(F)cc2s1. The molecule has 4 nitrogen and oxygen atoms in total. The summed E-state index contributed by atoms with van der Waals surface area (Å²) < 4.78 is 27.2. The molecule has 0 aliphatic heterocycles. The third kappa shape index (κ3) is 3.10. The van der Waals surface area contributed by atoms with Crippen molar-refractivity contribution in [3.05, 3.63) is 23.8 Å². The minimum Gasteiger partial charge on any atom is -0.308 e. The highest BCUT2D eigenvalue weighted by Crippen LogP contribution is 2.31. The standard InChI is InChI=1S/C13H15F2N3OS/c1-8(19)18(5-4-17(2)3)13-16-12-10(15)6-9(14)7-11(12)20-13/h6-7H,4-5H2,1-3H3. The van der Waals surface area contributed by atoms with Crippen LogP contribution in [-0.4, -0.2) is 43.0 Å². The Bertz CT molecular complexity index is 642. The zero-order valence-corrected chi connectivity index (χ0v) is 12.3. The van der Waals surface area contributed by atoms with E-state index in [9.17, 15) is 13.6 Å². The van der Waals surface area contributed by atoms with E-state index >= 15 is 0 Å². The molecule has 0 fully saturated rings. The molecule has 108 valence electrons. The van der Waals surface area contributed by atoms with Crippen molar-refractivity contribution < 1.29 is 13.6 Å². The van der Waals surface area contributed by atoms with Gasteiger partial charge in [-0.25, -0.2) is 13.8 Å². The molecule has 1 aromatic heterocycles. The normalized spacial score (nSPS) is 11.3. The van der Waals surface area contributed by atoms with Gasteiger partial charge in [0.05, 0.1) is 4.70 Å².